The number of nitrogens with zero attached hydrogens (tertiary/aromatic N) is 4. The fourth-order valence-electron chi connectivity index (χ4n) is 3.90. The van der Waals surface area contributed by atoms with E-state index >= 15 is 0 Å². The number of para-hydroxylation sites is 1. The van der Waals surface area contributed by atoms with Gasteiger partial charge in [0.25, 0.3) is 5.56 Å². The summed E-state index contributed by atoms with van der Waals surface area (Å²) >= 11 is 0. The molecule has 2 amide bonds. The van der Waals surface area contributed by atoms with Crippen molar-refractivity contribution in [2.24, 2.45) is 5.73 Å². The quantitative estimate of drug-likeness (QED) is 0.475. The second-order valence-corrected chi connectivity index (χ2v) is 8.22. The molecule has 0 aliphatic heterocycles. The van der Waals surface area contributed by atoms with Crippen molar-refractivity contribution in [1.82, 2.24) is 19.6 Å². The van der Waals surface area contributed by atoms with E-state index < -0.39 is 11.8 Å². The van der Waals surface area contributed by atoms with Gasteiger partial charge in [0.05, 0.1) is 17.6 Å². The number of carbonyl (C=O) groups is 2. The summed E-state index contributed by atoms with van der Waals surface area (Å²) in [5.74, 6) is -0.687. The van der Waals surface area contributed by atoms with Gasteiger partial charge in [0, 0.05) is 22.6 Å². The van der Waals surface area contributed by atoms with E-state index in [-0.39, 0.29) is 18.0 Å². The van der Waals surface area contributed by atoms with Crippen LogP contribution < -0.4 is 16.6 Å². The first-order chi connectivity index (χ1) is 15.9. The van der Waals surface area contributed by atoms with Gasteiger partial charge in [-0.3, -0.25) is 14.4 Å². The maximum atomic E-state index is 13.4. The average Bonchev–Trinajstić information content (AvgIpc) is 3.54. The molecule has 3 N–H and O–H groups in total. The number of primary amides is 1. The molecular formula is C24H22N6O3. The van der Waals surface area contributed by atoms with E-state index in [0.717, 1.165) is 35.2 Å². The number of carbonyl (C=O) groups excluding carboxylic acids is 2. The molecule has 0 spiro atoms. The Morgan fingerprint density at radius 1 is 1.12 bits per heavy atom. The van der Waals surface area contributed by atoms with Crippen LogP contribution in [0.4, 0.5) is 5.69 Å². The lowest BCUT2D eigenvalue weighted by Crippen LogP contribution is -2.31. The number of hydrogen-bond acceptors (Lipinski definition) is 5. The molecule has 2 heterocycles. The third kappa shape index (κ3) is 3.89. The number of amides is 2. The van der Waals surface area contributed by atoms with Gasteiger partial charge in [-0.2, -0.15) is 10.2 Å². The number of rotatable bonds is 6. The van der Waals surface area contributed by atoms with E-state index in [1.807, 2.05) is 31.2 Å². The van der Waals surface area contributed by atoms with Gasteiger partial charge in [-0.05, 0) is 55.7 Å². The van der Waals surface area contributed by atoms with Crippen molar-refractivity contribution in [3.63, 3.8) is 0 Å². The monoisotopic (exact) mass is 442 g/mol. The van der Waals surface area contributed by atoms with E-state index in [9.17, 15) is 14.4 Å². The van der Waals surface area contributed by atoms with Crippen LogP contribution in [0.25, 0.3) is 16.6 Å². The summed E-state index contributed by atoms with van der Waals surface area (Å²) in [5, 5.41) is 12.5. The third-order valence-electron chi connectivity index (χ3n) is 5.76. The summed E-state index contributed by atoms with van der Waals surface area (Å²) < 4.78 is 2.84. The summed E-state index contributed by atoms with van der Waals surface area (Å²) in [6, 6.07) is 13.9. The molecule has 0 unspecified atom stereocenters. The zero-order chi connectivity index (χ0) is 23.1. The summed E-state index contributed by atoms with van der Waals surface area (Å²) in [6.07, 6.45) is 3.68. The smallest absolute Gasteiger partial charge is 0.293 e. The Labute approximate surface area is 188 Å². The van der Waals surface area contributed by atoms with Crippen LogP contribution in [-0.4, -0.2) is 31.4 Å². The first kappa shape index (κ1) is 20.6. The lowest BCUT2D eigenvalue weighted by Gasteiger charge is -2.11. The topological polar surface area (TPSA) is 125 Å². The summed E-state index contributed by atoms with van der Waals surface area (Å²) in [6.45, 7) is 1.71. The van der Waals surface area contributed by atoms with Crippen LogP contribution >= 0.6 is 0 Å². The number of aryl methyl sites for hydroxylation is 1. The highest BCUT2D eigenvalue weighted by atomic mass is 16.2. The van der Waals surface area contributed by atoms with Crippen LogP contribution in [0, 0.1) is 6.92 Å². The van der Waals surface area contributed by atoms with Gasteiger partial charge in [0.2, 0.25) is 11.8 Å². The number of anilines is 1. The number of benzene rings is 2. The van der Waals surface area contributed by atoms with Crippen LogP contribution in [0.5, 0.6) is 0 Å². The normalized spacial score (nSPS) is 13.2. The molecule has 9 nitrogen and oxygen atoms in total. The highest BCUT2D eigenvalue weighted by Gasteiger charge is 2.30. The molecule has 4 aromatic rings. The van der Waals surface area contributed by atoms with Crippen LogP contribution in [0.1, 0.15) is 40.4 Å². The Morgan fingerprint density at radius 3 is 2.52 bits per heavy atom. The fourth-order valence-corrected chi connectivity index (χ4v) is 3.90. The molecule has 1 aliphatic carbocycles. The van der Waals surface area contributed by atoms with Gasteiger partial charge in [-0.25, -0.2) is 9.36 Å². The first-order valence-corrected chi connectivity index (χ1v) is 10.7. The zero-order valence-corrected chi connectivity index (χ0v) is 18.0. The molecule has 0 bridgehead atoms. The lowest BCUT2D eigenvalue weighted by molar-refractivity contribution is -0.117. The molecule has 1 saturated carbocycles. The van der Waals surface area contributed by atoms with Gasteiger partial charge < -0.3 is 11.1 Å². The summed E-state index contributed by atoms with van der Waals surface area (Å²) in [7, 11) is 0. The summed E-state index contributed by atoms with van der Waals surface area (Å²) in [5.41, 5.74) is 8.70. The van der Waals surface area contributed by atoms with Crippen molar-refractivity contribution in [3.05, 3.63) is 81.9 Å². The molecule has 1 fully saturated rings. The van der Waals surface area contributed by atoms with Crippen LogP contribution in [0.2, 0.25) is 0 Å². The van der Waals surface area contributed by atoms with E-state index in [0.29, 0.717) is 16.8 Å². The molecule has 9 heteroatoms. The highest BCUT2D eigenvalue weighted by Crippen LogP contribution is 2.41. The largest absolute Gasteiger partial charge is 0.366 e. The molecule has 0 radical (unpaired) electrons. The Balaban J connectivity index is 1.51. The van der Waals surface area contributed by atoms with Crippen molar-refractivity contribution in [1.29, 1.82) is 0 Å². The number of aromatic nitrogens is 4. The molecule has 33 heavy (non-hydrogen) atoms. The molecule has 2 aromatic carbocycles. The standard InChI is InChI=1S/C24H22N6O3/c1-14-4-2-3-5-19(14)30-22-18(12-26-30)21(15-6-7-15)28-29(24(22)33)13-20(31)27-17-10-8-16(9-11-17)23(25)32/h2-5,8-12,15H,6-7,13H2,1H3,(H2,25,32)(H,27,31). The van der Waals surface area contributed by atoms with Crippen LogP contribution in [0.3, 0.4) is 0 Å². The van der Waals surface area contributed by atoms with Gasteiger partial charge in [0.15, 0.2) is 0 Å². The summed E-state index contributed by atoms with van der Waals surface area (Å²) in [4.78, 5) is 37.3. The predicted octanol–water partition coefficient (Wildman–Crippen LogP) is 2.51. The lowest BCUT2D eigenvalue weighted by atomic mass is 10.2. The number of nitrogens with one attached hydrogen (secondary N) is 1. The Bertz CT molecular complexity index is 1450. The second-order valence-electron chi connectivity index (χ2n) is 8.22. The van der Waals surface area contributed by atoms with Crippen molar-refractivity contribution in [3.8, 4) is 5.69 Å². The van der Waals surface area contributed by atoms with Gasteiger partial charge in [-0.1, -0.05) is 18.2 Å². The molecule has 0 saturated heterocycles. The zero-order valence-electron chi connectivity index (χ0n) is 18.0. The molecular weight excluding hydrogens is 420 g/mol. The number of fused-ring (bicyclic) bond motifs is 1. The molecule has 1 aliphatic rings. The average molecular weight is 442 g/mol. The van der Waals surface area contributed by atoms with E-state index in [4.69, 9.17) is 5.73 Å². The molecule has 2 aromatic heterocycles. The van der Waals surface area contributed by atoms with E-state index in [1.54, 1.807) is 23.0 Å². The van der Waals surface area contributed by atoms with Crippen molar-refractivity contribution in [2.45, 2.75) is 32.2 Å². The first-order valence-electron chi connectivity index (χ1n) is 10.7. The van der Waals surface area contributed by atoms with Crippen LogP contribution in [0.15, 0.2) is 59.5 Å². The van der Waals surface area contributed by atoms with Gasteiger partial charge in [0.1, 0.15) is 12.1 Å². The Kier molecular flexibility index (Phi) is 5.01. The second kappa shape index (κ2) is 8.01. The fraction of sp³-hybridized carbons (Fsp3) is 0.208. The predicted molar refractivity (Wildman–Crippen MR) is 123 cm³/mol. The van der Waals surface area contributed by atoms with Gasteiger partial charge in [-0.15, -0.1) is 0 Å². The van der Waals surface area contributed by atoms with Gasteiger partial charge >= 0.3 is 0 Å². The third-order valence-corrected chi connectivity index (χ3v) is 5.76. The Morgan fingerprint density at radius 2 is 1.85 bits per heavy atom. The minimum absolute atomic E-state index is 0.245. The van der Waals surface area contributed by atoms with Crippen molar-refractivity contribution >= 4 is 28.4 Å². The van der Waals surface area contributed by atoms with Crippen molar-refractivity contribution < 1.29 is 9.59 Å². The number of nitrogens with two attached hydrogens (primary N) is 1. The van der Waals surface area contributed by atoms with Crippen LogP contribution in [-0.2, 0) is 11.3 Å². The molecule has 5 rings (SSSR count). The minimum atomic E-state index is -0.546. The Hall–Kier alpha value is -4.27. The van der Waals surface area contributed by atoms with E-state index in [2.05, 4.69) is 15.5 Å². The molecule has 166 valence electrons. The van der Waals surface area contributed by atoms with Crippen molar-refractivity contribution in [2.75, 3.05) is 5.32 Å². The van der Waals surface area contributed by atoms with E-state index in [1.165, 1.54) is 16.8 Å². The molecule has 0 atom stereocenters. The highest BCUT2D eigenvalue weighted by molar-refractivity contribution is 5.94. The number of hydrogen-bond donors (Lipinski definition) is 2. The SMILES string of the molecule is Cc1ccccc1-n1ncc2c(C3CC3)nn(CC(=O)Nc3ccc(C(N)=O)cc3)c(=O)c21. The maximum Gasteiger partial charge on any atom is 0.293 e. The maximum absolute atomic E-state index is 13.4. The minimum Gasteiger partial charge on any atom is -0.366 e.